The number of pyridine rings is 2. The first-order valence-corrected chi connectivity index (χ1v) is 6.24. The molecule has 0 aliphatic carbocycles. The molecule has 0 aliphatic heterocycles. The van der Waals surface area contributed by atoms with Crippen LogP contribution in [0.2, 0.25) is 0 Å². The summed E-state index contributed by atoms with van der Waals surface area (Å²) in [7, 11) is 0. The van der Waals surface area contributed by atoms with Gasteiger partial charge in [0.25, 0.3) is 0 Å². The summed E-state index contributed by atoms with van der Waals surface area (Å²) in [5.41, 5.74) is 0.229. The van der Waals surface area contributed by atoms with Crippen molar-refractivity contribution < 1.29 is 9.90 Å². The van der Waals surface area contributed by atoms with Crippen LogP contribution in [-0.2, 0) is 0 Å². The standard InChI is InChI=1S/C11H7BrN2O2S/c12-8-6-13-3-2-9(8)17-10-5-7(11(15)16)1-4-14-10/h1-6H,(H,15,16). The maximum absolute atomic E-state index is 10.8. The van der Waals surface area contributed by atoms with Crippen LogP contribution in [0.5, 0.6) is 0 Å². The maximum atomic E-state index is 10.8. The Kier molecular flexibility index (Phi) is 3.75. The summed E-state index contributed by atoms with van der Waals surface area (Å²) in [6, 6.07) is 4.84. The minimum absolute atomic E-state index is 0.229. The summed E-state index contributed by atoms with van der Waals surface area (Å²) >= 11 is 4.76. The van der Waals surface area contributed by atoms with Crippen molar-refractivity contribution in [2.75, 3.05) is 0 Å². The fourth-order valence-electron chi connectivity index (χ4n) is 1.16. The van der Waals surface area contributed by atoms with Crippen molar-refractivity contribution in [3.63, 3.8) is 0 Å². The topological polar surface area (TPSA) is 63.1 Å². The van der Waals surface area contributed by atoms with Crippen LogP contribution in [0.25, 0.3) is 0 Å². The Balaban J connectivity index is 2.28. The van der Waals surface area contributed by atoms with Crippen LogP contribution in [0.1, 0.15) is 10.4 Å². The predicted molar refractivity (Wildman–Crippen MR) is 67.3 cm³/mol. The van der Waals surface area contributed by atoms with Crippen LogP contribution in [0, 0.1) is 0 Å². The van der Waals surface area contributed by atoms with E-state index in [2.05, 4.69) is 25.9 Å². The van der Waals surface area contributed by atoms with Crippen LogP contribution in [0.3, 0.4) is 0 Å². The second-order valence-electron chi connectivity index (χ2n) is 3.10. The highest BCUT2D eigenvalue weighted by Crippen LogP contribution is 2.31. The number of carboxylic acids is 1. The molecule has 2 heterocycles. The Morgan fingerprint density at radius 3 is 2.88 bits per heavy atom. The highest BCUT2D eigenvalue weighted by Gasteiger charge is 2.07. The number of hydrogen-bond acceptors (Lipinski definition) is 4. The smallest absolute Gasteiger partial charge is 0.335 e. The van der Waals surface area contributed by atoms with Crippen LogP contribution < -0.4 is 0 Å². The van der Waals surface area contributed by atoms with E-state index in [4.69, 9.17) is 5.11 Å². The Morgan fingerprint density at radius 2 is 2.18 bits per heavy atom. The van der Waals surface area contributed by atoms with Crippen molar-refractivity contribution in [1.82, 2.24) is 9.97 Å². The first-order valence-electron chi connectivity index (χ1n) is 4.63. The zero-order valence-electron chi connectivity index (χ0n) is 8.50. The van der Waals surface area contributed by atoms with E-state index in [1.54, 1.807) is 18.5 Å². The van der Waals surface area contributed by atoms with Crippen molar-refractivity contribution in [2.45, 2.75) is 9.92 Å². The van der Waals surface area contributed by atoms with E-state index in [9.17, 15) is 4.79 Å². The van der Waals surface area contributed by atoms with E-state index in [-0.39, 0.29) is 5.56 Å². The molecule has 0 aromatic carbocycles. The minimum Gasteiger partial charge on any atom is -0.478 e. The molecular weight excluding hydrogens is 304 g/mol. The molecule has 0 fully saturated rings. The molecule has 0 amide bonds. The lowest BCUT2D eigenvalue weighted by Crippen LogP contribution is -1.96. The van der Waals surface area contributed by atoms with Gasteiger partial charge in [-0.3, -0.25) is 4.98 Å². The molecule has 6 heteroatoms. The summed E-state index contributed by atoms with van der Waals surface area (Å²) in [4.78, 5) is 19.8. The van der Waals surface area contributed by atoms with E-state index in [0.29, 0.717) is 5.03 Å². The molecule has 0 aliphatic rings. The average molecular weight is 311 g/mol. The molecule has 1 N–H and O–H groups in total. The molecule has 0 saturated carbocycles. The second-order valence-corrected chi connectivity index (χ2v) is 5.01. The number of carbonyl (C=O) groups is 1. The van der Waals surface area contributed by atoms with Crippen molar-refractivity contribution in [3.05, 3.63) is 46.8 Å². The largest absolute Gasteiger partial charge is 0.478 e. The summed E-state index contributed by atoms with van der Waals surface area (Å²) in [5, 5.41) is 9.51. The van der Waals surface area contributed by atoms with Gasteiger partial charge in [-0.15, -0.1) is 0 Å². The Hall–Kier alpha value is -1.40. The Bertz CT molecular complexity index is 563. The van der Waals surface area contributed by atoms with Gasteiger partial charge < -0.3 is 5.11 Å². The van der Waals surface area contributed by atoms with Gasteiger partial charge in [-0.05, 0) is 34.1 Å². The van der Waals surface area contributed by atoms with Crippen molar-refractivity contribution in [3.8, 4) is 0 Å². The zero-order valence-corrected chi connectivity index (χ0v) is 10.9. The van der Waals surface area contributed by atoms with Gasteiger partial charge in [0, 0.05) is 28.0 Å². The van der Waals surface area contributed by atoms with Crippen LogP contribution in [-0.4, -0.2) is 21.0 Å². The fourth-order valence-corrected chi connectivity index (χ4v) is 2.45. The Labute approximate surface area is 110 Å². The molecular formula is C11H7BrN2O2S. The number of aromatic carboxylic acids is 1. The number of halogens is 1. The highest BCUT2D eigenvalue weighted by atomic mass is 79.9. The summed E-state index contributed by atoms with van der Waals surface area (Å²) in [5.74, 6) is -0.956. The molecule has 0 radical (unpaired) electrons. The Morgan fingerprint density at radius 1 is 1.35 bits per heavy atom. The molecule has 2 rings (SSSR count). The van der Waals surface area contributed by atoms with E-state index in [1.165, 1.54) is 24.0 Å². The summed E-state index contributed by atoms with van der Waals surface area (Å²) < 4.78 is 0.854. The molecule has 17 heavy (non-hydrogen) atoms. The monoisotopic (exact) mass is 310 g/mol. The van der Waals surface area contributed by atoms with Gasteiger partial charge in [-0.1, -0.05) is 11.8 Å². The van der Waals surface area contributed by atoms with Crippen molar-refractivity contribution in [1.29, 1.82) is 0 Å². The normalized spacial score (nSPS) is 10.2. The second kappa shape index (κ2) is 5.29. The highest BCUT2D eigenvalue weighted by molar-refractivity contribution is 9.10. The molecule has 0 atom stereocenters. The molecule has 0 saturated heterocycles. The van der Waals surface area contributed by atoms with Gasteiger partial charge in [-0.2, -0.15) is 0 Å². The third kappa shape index (κ3) is 3.04. The number of carboxylic acid groups (broad SMARTS) is 1. The lowest BCUT2D eigenvalue weighted by molar-refractivity contribution is 0.0696. The minimum atomic E-state index is -0.956. The van der Waals surface area contributed by atoms with E-state index >= 15 is 0 Å². The average Bonchev–Trinajstić information content (AvgIpc) is 2.32. The maximum Gasteiger partial charge on any atom is 0.335 e. The molecule has 4 nitrogen and oxygen atoms in total. The molecule has 0 unspecified atom stereocenters. The van der Waals surface area contributed by atoms with Crippen LogP contribution in [0.4, 0.5) is 0 Å². The molecule has 86 valence electrons. The first-order chi connectivity index (χ1) is 8.16. The van der Waals surface area contributed by atoms with Gasteiger partial charge in [0.15, 0.2) is 0 Å². The summed E-state index contributed by atoms with van der Waals surface area (Å²) in [6.07, 6.45) is 4.85. The van der Waals surface area contributed by atoms with Gasteiger partial charge >= 0.3 is 5.97 Å². The van der Waals surface area contributed by atoms with Gasteiger partial charge in [0.1, 0.15) is 5.03 Å². The van der Waals surface area contributed by atoms with E-state index in [0.717, 1.165) is 9.37 Å². The van der Waals surface area contributed by atoms with E-state index in [1.807, 2.05) is 6.07 Å². The third-order valence-electron chi connectivity index (χ3n) is 1.93. The van der Waals surface area contributed by atoms with Crippen molar-refractivity contribution in [2.24, 2.45) is 0 Å². The quantitative estimate of drug-likeness (QED) is 0.944. The van der Waals surface area contributed by atoms with Crippen LogP contribution >= 0.6 is 27.7 Å². The van der Waals surface area contributed by atoms with Crippen LogP contribution in [0.15, 0.2) is 51.2 Å². The molecule has 0 bridgehead atoms. The number of nitrogens with zero attached hydrogens (tertiary/aromatic N) is 2. The first kappa shape index (κ1) is 12.1. The zero-order chi connectivity index (χ0) is 12.3. The SMILES string of the molecule is O=C(O)c1ccnc(Sc2ccncc2Br)c1. The van der Waals surface area contributed by atoms with Gasteiger partial charge in [0.05, 0.1) is 5.56 Å². The van der Waals surface area contributed by atoms with Crippen molar-refractivity contribution >= 4 is 33.7 Å². The molecule has 2 aromatic heterocycles. The lowest BCUT2D eigenvalue weighted by Gasteiger charge is -2.03. The lowest BCUT2D eigenvalue weighted by atomic mass is 10.3. The predicted octanol–water partition coefficient (Wildman–Crippen LogP) is 3.09. The number of rotatable bonds is 3. The van der Waals surface area contributed by atoms with Gasteiger partial charge in [0.2, 0.25) is 0 Å². The van der Waals surface area contributed by atoms with Gasteiger partial charge in [-0.25, -0.2) is 9.78 Å². The number of aromatic nitrogens is 2. The molecule has 0 spiro atoms. The third-order valence-corrected chi connectivity index (χ3v) is 3.83. The fraction of sp³-hybridized carbons (Fsp3) is 0. The number of hydrogen-bond donors (Lipinski definition) is 1. The van der Waals surface area contributed by atoms with E-state index < -0.39 is 5.97 Å². The summed E-state index contributed by atoms with van der Waals surface area (Å²) in [6.45, 7) is 0. The molecule has 2 aromatic rings.